The van der Waals surface area contributed by atoms with Crippen molar-refractivity contribution < 1.29 is 43.8 Å². The third-order valence-electron chi connectivity index (χ3n) is 7.05. The fraction of sp³-hybridized carbons (Fsp3) is 0.333. The number of nitrogens with zero attached hydrogens (tertiary/aromatic N) is 2. The second kappa shape index (κ2) is 13.1. The zero-order chi connectivity index (χ0) is 29.8. The molecule has 0 unspecified atom stereocenters. The van der Waals surface area contributed by atoms with Gasteiger partial charge in [0.15, 0.2) is 12.4 Å². The number of ether oxygens (including phenoxy) is 5. The molecule has 42 heavy (non-hydrogen) atoms. The molecule has 0 spiro atoms. The van der Waals surface area contributed by atoms with Gasteiger partial charge in [0.1, 0.15) is 47.8 Å². The van der Waals surface area contributed by atoms with Gasteiger partial charge < -0.3 is 43.6 Å². The summed E-state index contributed by atoms with van der Waals surface area (Å²) in [5.41, 5.74) is 2.84. The van der Waals surface area contributed by atoms with Gasteiger partial charge >= 0.3 is 5.97 Å². The lowest BCUT2D eigenvalue weighted by molar-refractivity contribution is -0.293. The monoisotopic (exact) mass is 598 g/mol. The van der Waals surface area contributed by atoms with Crippen LogP contribution in [0.3, 0.4) is 0 Å². The molecular formula is C30H31ClN2O9. The number of hydrogen-bond donors (Lipinski definition) is 3. The molecular weight excluding hydrogens is 568 g/mol. The van der Waals surface area contributed by atoms with E-state index in [-0.39, 0.29) is 28.7 Å². The molecule has 0 saturated carbocycles. The number of aliphatic hydroxyl groups excluding tert-OH is 3. The number of carbonyl (C=O) groups is 1. The molecule has 222 valence electrons. The predicted octanol–water partition coefficient (Wildman–Crippen LogP) is 2.94. The average Bonchev–Trinajstić information content (AvgIpc) is 3.36. The van der Waals surface area contributed by atoms with Crippen LogP contribution >= 0.6 is 11.6 Å². The van der Waals surface area contributed by atoms with E-state index in [9.17, 15) is 20.1 Å². The van der Waals surface area contributed by atoms with Crippen LogP contribution in [0.1, 0.15) is 21.7 Å². The first-order valence-corrected chi connectivity index (χ1v) is 13.6. The van der Waals surface area contributed by atoms with Gasteiger partial charge in [0.05, 0.1) is 29.8 Å². The molecule has 11 nitrogen and oxygen atoms in total. The summed E-state index contributed by atoms with van der Waals surface area (Å²) in [5, 5.41) is 30.3. The Morgan fingerprint density at radius 1 is 1.02 bits per heavy atom. The van der Waals surface area contributed by atoms with E-state index in [0.717, 1.165) is 16.6 Å². The van der Waals surface area contributed by atoms with Crippen molar-refractivity contribution in [2.45, 2.75) is 43.9 Å². The molecule has 0 bridgehead atoms. The number of carbonyl (C=O) groups excluding carboxylic acids is 1. The van der Waals surface area contributed by atoms with Crippen LogP contribution in [-0.2, 0) is 27.4 Å². The van der Waals surface area contributed by atoms with Crippen molar-refractivity contribution in [2.75, 3.05) is 20.8 Å². The molecule has 12 heteroatoms. The molecule has 1 aliphatic rings. The molecule has 3 aromatic carbocycles. The van der Waals surface area contributed by atoms with Crippen molar-refractivity contribution in [2.24, 2.45) is 0 Å². The number of aromatic nitrogens is 2. The summed E-state index contributed by atoms with van der Waals surface area (Å²) in [6.45, 7) is 0.111. The normalized spacial score (nSPS) is 22.2. The number of halogens is 1. The smallest absolute Gasteiger partial charge is 0.342 e. The Labute approximate surface area is 246 Å². The van der Waals surface area contributed by atoms with E-state index in [1.165, 1.54) is 26.4 Å². The predicted molar refractivity (Wildman–Crippen MR) is 152 cm³/mol. The highest BCUT2D eigenvalue weighted by molar-refractivity contribution is 6.32. The highest BCUT2D eigenvalue weighted by atomic mass is 35.5. The Morgan fingerprint density at radius 3 is 2.48 bits per heavy atom. The van der Waals surface area contributed by atoms with E-state index < -0.39 is 43.3 Å². The number of imidazole rings is 1. The van der Waals surface area contributed by atoms with Crippen LogP contribution in [0.25, 0.3) is 11.0 Å². The molecule has 0 radical (unpaired) electrons. The van der Waals surface area contributed by atoms with Gasteiger partial charge in [0.25, 0.3) is 0 Å². The molecule has 0 amide bonds. The largest absolute Gasteiger partial charge is 0.496 e. The summed E-state index contributed by atoms with van der Waals surface area (Å²) in [5.74, 6) is 0.121. The highest BCUT2D eigenvalue weighted by Crippen LogP contribution is 2.35. The number of methoxy groups -OCH3 is 2. The third kappa shape index (κ3) is 6.07. The minimum absolute atomic E-state index is 0.0491. The SMILES string of the molecule is COc1cc(OCc2nc3ccccc3n2Cc2ccccc2)c(Cl)cc1C(=O)O[C@H]1[C@@H](OC)O[C@H](CO)[C@@H](O)[C@@H]1O. The zero-order valence-electron chi connectivity index (χ0n) is 22.9. The number of hydrogen-bond acceptors (Lipinski definition) is 10. The van der Waals surface area contributed by atoms with Crippen LogP contribution in [0.15, 0.2) is 66.7 Å². The molecule has 2 heterocycles. The van der Waals surface area contributed by atoms with Gasteiger partial charge in [-0.05, 0) is 23.8 Å². The van der Waals surface area contributed by atoms with Crippen molar-refractivity contribution in [1.82, 2.24) is 9.55 Å². The first-order chi connectivity index (χ1) is 20.3. The quantitative estimate of drug-likeness (QED) is 0.233. The maximum absolute atomic E-state index is 13.1. The van der Waals surface area contributed by atoms with Crippen molar-refractivity contribution in [3.8, 4) is 11.5 Å². The van der Waals surface area contributed by atoms with E-state index >= 15 is 0 Å². The van der Waals surface area contributed by atoms with Crippen LogP contribution in [0, 0.1) is 0 Å². The number of esters is 1. The Balaban J connectivity index is 1.36. The van der Waals surface area contributed by atoms with Crippen molar-refractivity contribution >= 4 is 28.6 Å². The maximum atomic E-state index is 13.1. The van der Waals surface area contributed by atoms with Gasteiger partial charge in [-0.1, -0.05) is 54.1 Å². The summed E-state index contributed by atoms with van der Waals surface area (Å²) in [4.78, 5) is 17.9. The molecule has 1 fully saturated rings. The standard InChI is InChI=1S/C30H31ClN2O9/c1-38-22-13-23(19(31)12-18(22)29(37)42-28-27(36)26(35)24(15-34)41-30(28)39-2)40-16-25-32-20-10-6-7-11-21(20)33(25)14-17-8-4-3-5-9-17/h3-13,24,26-28,30,34-36H,14-16H2,1-2H3/t24-,26-,27+,28-,30+/m1/s1. The molecule has 5 rings (SSSR count). The third-order valence-corrected chi connectivity index (χ3v) is 7.34. The summed E-state index contributed by atoms with van der Waals surface area (Å²) in [6, 6.07) is 20.6. The number of fused-ring (bicyclic) bond motifs is 1. The van der Waals surface area contributed by atoms with Crippen LogP contribution in [-0.4, -0.2) is 82.4 Å². The van der Waals surface area contributed by atoms with Crippen LogP contribution in [0.2, 0.25) is 5.02 Å². The molecule has 3 N–H and O–H groups in total. The van der Waals surface area contributed by atoms with E-state index in [4.69, 9.17) is 40.3 Å². The van der Waals surface area contributed by atoms with E-state index in [2.05, 4.69) is 4.57 Å². The number of benzene rings is 3. The lowest BCUT2D eigenvalue weighted by atomic mass is 9.99. The highest BCUT2D eigenvalue weighted by Gasteiger charge is 2.47. The number of para-hydroxylation sites is 2. The Hall–Kier alpha value is -3.71. The topological polar surface area (TPSA) is 142 Å². The van der Waals surface area contributed by atoms with Gasteiger partial charge in [-0.25, -0.2) is 9.78 Å². The molecule has 0 aliphatic carbocycles. The van der Waals surface area contributed by atoms with Crippen molar-refractivity contribution in [3.05, 3.63) is 88.7 Å². The summed E-state index contributed by atoms with van der Waals surface area (Å²) >= 11 is 6.52. The maximum Gasteiger partial charge on any atom is 0.342 e. The van der Waals surface area contributed by atoms with E-state index in [1.54, 1.807) is 0 Å². The molecule has 1 aliphatic heterocycles. The Bertz CT molecular complexity index is 1530. The first kappa shape index (κ1) is 29.8. The number of rotatable bonds is 10. The second-order valence-corrected chi connectivity index (χ2v) is 10.1. The Morgan fingerprint density at radius 2 is 1.76 bits per heavy atom. The fourth-order valence-electron chi connectivity index (χ4n) is 4.85. The van der Waals surface area contributed by atoms with Gasteiger partial charge in [-0.3, -0.25) is 0 Å². The van der Waals surface area contributed by atoms with E-state index in [0.29, 0.717) is 12.4 Å². The van der Waals surface area contributed by atoms with Crippen LogP contribution < -0.4 is 9.47 Å². The lowest BCUT2D eigenvalue weighted by Crippen LogP contribution is -2.60. The summed E-state index contributed by atoms with van der Waals surface area (Å²) in [6.07, 6.45) is -6.82. The zero-order valence-corrected chi connectivity index (χ0v) is 23.7. The first-order valence-electron chi connectivity index (χ1n) is 13.2. The minimum atomic E-state index is -1.58. The fourth-order valence-corrected chi connectivity index (χ4v) is 5.07. The van der Waals surface area contributed by atoms with Gasteiger partial charge in [0.2, 0.25) is 0 Å². The van der Waals surface area contributed by atoms with Crippen LogP contribution in [0.5, 0.6) is 11.5 Å². The second-order valence-electron chi connectivity index (χ2n) is 9.67. The van der Waals surface area contributed by atoms with E-state index in [1.807, 2.05) is 54.6 Å². The average molecular weight is 599 g/mol. The van der Waals surface area contributed by atoms with Crippen molar-refractivity contribution in [1.29, 1.82) is 0 Å². The van der Waals surface area contributed by atoms with Gasteiger partial charge in [0, 0.05) is 19.7 Å². The molecule has 1 aromatic heterocycles. The molecule has 1 saturated heterocycles. The summed E-state index contributed by atoms with van der Waals surface area (Å²) < 4.78 is 29.6. The minimum Gasteiger partial charge on any atom is -0.496 e. The lowest BCUT2D eigenvalue weighted by Gasteiger charge is -2.40. The van der Waals surface area contributed by atoms with Gasteiger partial charge in [-0.2, -0.15) is 0 Å². The van der Waals surface area contributed by atoms with Gasteiger partial charge in [-0.15, -0.1) is 0 Å². The Kier molecular flexibility index (Phi) is 9.27. The van der Waals surface area contributed by atoms with Crippen molar-refractivity contribution in [3.63, 3.8) is 0 Å². The summed E-state index contributed by atoms with van der Waals surface area (Å²) in [7, 11) is 2.65. The van der Waals surface area contributed by atoms with Crippen LogP contribution in [0.4, 0.5) is 0 Å². The molecule has 5 atom stereocenters. The molecule has 4 aromatic rings. The number of aliphatic hydroxyl groups is 3.